The molecule has 0 radical (unpaired) electrons. The number of aryl methyl sites for hydroxylation is 1. The van der Waals surface area contributed by atoms with E-state index in [1.54, 1.807) is 17.9 Å². The third-order valence-corrected chi connectivity index (χ3v) is 1.29. The summed E-state index contributed by atoms with van der Waals surface area (Å²) in [6.07, 6.45) is 3.08. The van der Waals surface area contributed by atoms with Crippen LogP contribution in [0.15, 0.2) is 12.5 Å². The van der Waals surface area contributed by atoms with Gasteiger partial charge in [0.2, 0.25) is 0 Å². The lowest BCUT2D eigenvalue weighted by Gasteiger charge is -1.95. The van der Waals surface area contributed by atoms with Gasteiger partial charge in [0.05, 0.1) is 19.1 Å². The molecule has 1 aromatic rings. The number of aromatic nitrogens is 2. The third-order valence-electron chi connectivity index (χ3n) is 1.29. The molecule has 4 nitrogen and oxygen atoms in total. The largest absolute Gasteiger partial charge is 0.331 e. The quantitative estimate of drug-likeness (QED) is 0.722. The molecule has 0 aromatic carbocycles. The molecule has 0 aliphatic heterocycles. The van der Waals surface area contributed by atoms with E-state index in [1.165, 1.54) is 6.20 Å². The van der Waals surface area contributed by atoms with Gasteiger partial charge in [-0.2, -0.15) is 0 Å². The summed E-state index contributed by atoms with van der Waals surface area (Å²) in [7, 11) is 1.76. The number of imidazole rings is 1. The Hall–Kier alpha value is -0.580. The third kappa shape index (κ3) is 2.81. The summed E-state index contributed by atoms with van der Waals surface area (Å²) in [6, 6.07) is 0. The summed E-state index contributed by atoms with van der Waals surface area (Å²) < 4.78 is 1.65. The summed E-state index contributed by atoms with van der Waals surface area (Å²) in [5.74, 6) is -0.0833. The Bertz CT molecular complexity index is 249. The molecule has 0 unspecified atom stereocenters. The van der Waals surface area contributed by atoms with Crippen LogP contribution in [0.4, 0.5) is 0 Å². The van der Waals surface area contributed by atoms with Crippen LogP contribution in [0, 0.1) is 0 Å². The van der Waals surface area contributed by atoms with Gasteiger partial charge in [0.25, 0.3) is 0 Å². The van der Waals surface area contributed by atoms with Gasteiger partial charge < -0.3 is 10.3 Å². The average Bonchev–Trinajstić information content (AvgIpc) is 2.34. The Morgan fingerprint density at radius 2 is 2.25 bits per heavy atom. The number of halogens is 2. The molecule has 1 aromatic heterocycles. The van der Waals surface area contributed by atoms with Gasteiger partial charge >= 0.3 is 0 Å². The van der Waals surface area contributed by atoms with Gasteiger partial charge in [-0.15, -0.1) is 24.8 Å². The molecule has 6 heteroatoms. The van der Waals surface area contributed by atoms with E-state index in [2.05, 4.69) is 4.98 Å². The number of ketones is 1. The smallest absolute Gasteiger partial charge is 0.194 e. The molecule has 0 spiro atoms. The molecule has 0 saturated heterocycles. The van der Waals surface area contributed by atoms with Crippen LogP contribution in [0.5, 0.6) is 0 Å². The van der Waals surface area contributed by atoms with E-state index in [9.17, 15) is 4.79 Å². The van der Waals surface area contributed by atoms with Crippen molar-refractivity contribution >= 4 is 30.6 Å². The van der Waals surface area contributed by atoms with E-state index >= 15 is 0 Å². The predicted molar refractivity (Wildman–Crippen MR) is 51.1 cm³/mol. The molecular formula is C6H11Cl2N3O. The zero-order chi connectivity index (χ0) is 7.56. The molecule has 0 saturated carbocycles. The van der Waals surface area contributed by atoms with Crippen LogP contribution in [0.25, 0.3) is 0 Å². The first kappa shape index (κ1) is 14.0. The first-order valence-electron chi connectivity index (χ1n) is 2.95. The van der Waals surface area contributed by atoms with Gasteiger partial charge in [0, 0.05) is 7.05 Å². The first-order chi connectivity index (χ1) is 4.75. The predicted octanol–water partition coefficient (Wildman–Crippen LogP) is 0.405. The minimum atomic E-state index is -0.0833. The summed E-state index contributed by atoms with van der Waals surface area (Å²) in [5.41, 5.74) is 5.70. The van der Waals surface area contributed by atoms with Crippen LogP contribution in [-0.4, -0.2) is 21.9 Å². The summed E-state index contributed by atoms with van der Waals surface area (Å²) in [5, 5.41) is 0. The van der Waals surface area contributed by atoms with Crippen molar-refractivity contribution in [2.45, 2.75) is 0 Å². The summed E-state index contributed by atoms with van der Waals surface area (Å²) >= 11 is 0. The van der Waals surface area contributed by atoms with Gasteiger partial charge in [-0.1, -0.05) is 0 Å². The highest BCUT2D eigenvalue weighted by Gasteiger charge is 2.05. The van der Waals surface area contributed by atoms with Crippen molar-refractivity contribution in [2.75, 3.05) is 6.54 Å². The van der Waals surface area contributed by atoms with Gasteiger partial charge in [-0.05, 0) is 0 Å². The van der Waals surface area contributed by atoms with Gasteiger partial charge in [0.1, 0.15) is 5.69 Å². The summed E-state index contributed by atoms with van der Waals surface area (Å²) in [6.45, 7) is 0.0412. The zero-order valence-corrected chi connectivity index (χ0v) is 8.19. The van der Waals surface area contributed by atoms with E-state index in [-0.39, 0.29) is 37.1 Å². The maximum atomic E-state index is 10.9. The lowest BCUT2D eigenvalue weighted by atomic mass is 10.3. The normalized spacial score (nSPS) is 8.17. The van der Waals surface area contributed by atoms with Crippen molar-refractivity contribution in [3.63, 3.8) is 0 Å². The van der Waals surface area contributed by atoms with Crippen molar-refractivity contribution in [2.24, 2.45) is 12.8 Å². The van der Waals surface area contributed by atoms with Gasteiger partial charge in [0.15, 0.2) is 5.78 Å². The minimum Gasteiger partial charge on any atom is -0.331 e. The minimum absolute atomic E-state index is 0. The molecular weight excluding hydrogens is 201 g/mol. The Morgan fingerprint density at radius 3 is 2.58 bits per heavy atom. The average molecular weight is 212 g/mol. The van der Waals surface area contributed by atoms with Crippen LogP contribution >= 0.6 is 24.8 Å². The monoisotopic (exact) mass is 211 g/mol. The topological polar surface area (TPSA) is 60.9 Å². The van der Waals surface area contributed by atoms with Crippen molar-refractivity contribution in [3.05, 3.63) is 18.2 Å². The Kier molecular flexibility index (Phi) is 6.98. The number of nitrogens with zero attached hydrogens (tertiary/aromatic N) is 2. The van der Waals surface area contributed by atoms with E-state index in [4.69, 9.17) is 5.73 Å². The lowest BCUT2D eigenvalue weighted by molar-refractivity contribution is 0.0993. The SMILES string of the molecule is Cl.Cl.Cn1cncc1C(=O)CN. The fourth-order valence-electron chi connectivity index (χ4n) is 0.730. The number of carbonyl (C=O) groups excluding carboxylic acids is 1. The molecule has 0 aliphatic carbocycles. The second kappa shape index (κ2) is 5.99. The lowest BCUT2D eigenvalue weighted by Crippen LogP contribution is -2.16. The molecule has 1 heterocycles. The molecule has 12 heavy (non-hydrogen) atoms. The maximum Gasteiger partial charge on any atom is 0.194 e. The highest BCUT2D eigenvalue weighted by atomic mass is 35.5. The molecule has 0 fully saturated rings. The number of carbonyl (C=O) groups is 1. The standard InChI is InChI=1S/C6H9N3O.2ClH/c1-9-4-8-3-5(9)6(10)2-7;;/h3-4H,2,7H2,1H3;2*1H. The highest BCUT2D eigenvalue weighted by molar-refractivity contribution is 5.95. The van der Waals surface area contributed by atoms with Crippen molar-refractivity contribution in [1.29, 1.82) is 0 Å². The van der Waals surface area contributed by atoms with E-state index in [0.29, 0.717) is 5.69 Å². The Labute approximate surface area is 83.0 Å². The number of rotatable bonds is 2. The van der Waals surface area contributed by atoms with Gasteiger partial charge in [-0.25, -0.2) is 4.98 Å². The first-order valence-corrected chi connectivity index (χ1v) is 2.95. The second-order valence-electron chi connectivity index (χ2n) is 2.02. The summed E-state index contributed by atoms with van der Waals surface area (Å²) in [4.78, 5) is 14.7. The molecule has 2 N–H and O–H groups in total. The number of nitrogens with two attached hydrogens (primary N) is 1. The van der Waals surface area contributed by atoms with E-state index in [0.717, 1.165) is 0 Å². The maximum absolute atomic E-state index is 10.9. The molecule has 0 atom stereocenters. The number of hydrogen-bond acceptors (Lipinski definition) is 3. The second-order valence-corrected chi connectivity index (χ2v) is 2.02. The van der Waals surface area contributed by atoms with Crippen LogP contribution in [0.3, 0.4) is 0 Å². The van der Waals surface area contributed by atoms with Gasteiger partial charge in [-0.3, -0.25) is 4.79 Å². The highest BCUT2D eigenvalue weighted by Crippen LogP contribution is 1.95. The van der Waals surface area contributed by atoms with Crippen LogP contribution in [0.2, 0.25) is 0 Å². The van der Waals surface area contributed by atoms with Crippen molar-refractivity contribution < 1.29 is 4.79 Å². The molecule has 70 valence electrons. The molecule has 0 amide bonds. The van der Waals surface area contributed by atoms with E-state index in [1.807, 2.05) is 0 Å². The number of Topliss-reactive ketones (excluding diaryl/α,β-unsaturated/α-hetero) is 1. The molecule has 1 rings (SSSR count). The van der Waals surface area contributed by atoms with Crippen LogP contribution < -0.4 is 5.73 Å². The molecule has 0 bridgehead atoms. The van der Waals surface area contributed by atoms with Crippen molar-refractivity contribution in [1.82, 2.24) is 9.55 Å². The van der Waals surface area contributed by atoms with E-state index < -0.39 is 0 Å². The van der Waals surface area contributed by atoms with Crippen LogP contribution in [0.1, 0.15) is 10.5 Å². The van der Waals surface area contributed by atoms with Crippen molar-refractivity contribution in [3.8, 4) is 0 Å². The van der Waals surface area contributed by atoms with Crippen LogP contribution in [-0.2, 0) is 7.05 Å². The number of hydrogen-bond donors (Lipinski definition) is 1. The Balaban J connectivity index is 0. The molecule has 0 aliphatic rings. The fraction of sp³-hybridized carbons (Fsp3) is 0.333. The zero-order valence-electron chi connectivity index (χ0n) is 6.56. The fourth-order valence-corrected chi connectivity index (χ4v) is 0.730. The Morgan fingerprint density at radius 1 is 1.67 bits per heavy atom.